The number of hydrogen-bond donors (Lipinski definition) is 1. The van der Waals surface area contributed by atoms with Crippen molar-refractivity contribution in [2.24, 2.45) is 4.99 Å². The van der Waals surface area contributed by atoms with Crippen LogP contribution in [0.4, 0.5) is 0 Å². The average molecular weight is 274 g/mol. The van der Waals surface area contributed by atoms with Crippen molar-refractivity contribution in [3.63, 3.8) is 0 Å². The molecule has 0 saturated carbocycles. The summed E-state index contributed by atoms with van der Waals surface area (Å²) in [5, 5.41) is 7.83. The van der Waals surface area contributed by atoms with Gasteiger partial charge in [-0.1, -0.05) is 19.9 Å². The summed E-state index contributed by atoms with van der Waals surface area (Å²) in [5.41, 5.74) is 2.47. The van der Waals surface area contributed by atoms with Crippen molar-refractivity contribution in [3.8, 4) is 0 Å². The molecule has 3 heterocycles. The van der Waals surface area contributed by atoms with Crippen LogP contribution in [0.25, 0.3) is 0 Å². The number of ketones is 1. The number of hydrazine groups is 1. The van der Waals surface area contributed by atoms with E-state index in [9.17, 15) is 4.79 Å². The van der Waals surface area contributed by atoms with Gasteiger partial charge in [0.15, 0.2) is 11.9 Å². The van der Waals surface area contributed by atoms with E-state index in [-0.39, 0.29) is 18.0 Å². The molecule has 1 N–H and O–H groups in total. The van der Waals surface area contributed by atoms with E-state index in [2.05, 4.69) is 46.5 Å². The third-order valence-corrected chi connectivity index (χ3v) is 4.22. The molecule has 108 valence electrons. The molecule has 5 heteroatoms. The lowest BCUT2D eigenvalue weighted by atomic mass is 9.86. The number of piperidine rings is 1. The van der Waals surface area contributed by atoms with Crippen molar-refractivity contribution in [1.82, 2.24) is 15.3 Å². The summed E-state index contributed by atoms with van der Waals surface area (Å²) in [6.07, 6.45) is 7.87. The Balaban J connectivity index is 1.99. The van der Waals surface area contributed by atoms with Crippen LogP contribution < -0.4 is 5.32 Å². The second-order valence-electron chi connectivity index (χ2n) is 5.40. The number of allylic oxidation sites excluding steroid dienone is 1. The number of dihydropyridines is 1. The summed E-state index contributed by atoms with van der Waals surface area (Å²) in [6, 6.07) is 0.196. The van der Waals surface area contributed by atoms with Crippen LogP contribution in [0.15, 0.2) is 28.4 Å². The molecule has 2 atom stereocenters. The maximum Gasteiger partial charge on any atom is 0.157 e. The molecule has 0 aromatic heterocycles. The number of aliphatic imine (C=N–C) groups is 1. The zero-order valence-corrected chi connectivity index (χ0v) is 12.2. The number of nitrogens with zero attached hydrogens (tertiary/aromatic N) is 3. The zero-order valence-electron chi connectivity index (χ0n) is 12.2. The van der Waals surface area contributed by atoms with E-state index in [1.807, 2.05) is 6.21 Å². The highest BCUT2D eigenvalue weighted by atomic mass is 16.1. The molecule has 0 aromatic carbocycles. The fourth-order valence-corrected chi connectivity index (χ4v) is 3.25. The summed E-state index contributed by atoms with van der Waals surface area (Å²) >= 11 is 0. The van der Waals surface area contributed by atoms with E-state index in [0.717, 1.165) is 19.5 Å². The molecule has 0 amide bonds. The third-order valence-electron chi connectivity index (χ3n) is 4.22. The van der Waals surface area contributed by atoms with Crippen LogP contribution >= 0.6 is 0 Å². The second kappa shape index (κ2) is 5.50. The van der Waals surface area contributed by atoms with Gasteiger partial charge in [-0.15, -0.1) is 0 Å². The first-order valence-corrected chi connectivity index (χ1v) is 7.45. The van der Waals surface area contributed by atoms with Gasteiger partial charge >= 0.3 is 0 Å². The molecule has 1 fully saturated rings. The Bertz CT molecular complexity index is 490. The van der Waals surface area contributed by atoms with Crippen LogP contribution in [0.3, 0.4) is 0 Å². The quantitative estimate of drug-likeness (QED) is 0.783. The predicted molar refractivity (Wildman–Crippen MR) is 79.2 cm³/mol. The van der Waals surface area contributed by atoms with Crippen LogP contribution in [-0.2, 0) is 4.79 Å². The number of carbonyl (C=O) groups excluding carboxylic acids is 1. The van der Waals surface area contributed by atoms with Crippen molar-refractivity contribution in [1.29, 1.82) is 0 Å². The monoisotopic (exact) mass is 274 g/mol. The van der Waals surface area contributed by atoms with Gasteiger partial charge < -0.3 is 0 Å². The van der Waals surface area contributed by atoms with E-state index >= 15 is 0 Å². The normalized spacial score (nSPS) is 28.9. The highest BCUT2D eigenvalue weighted by Crippen LogP contribution is 2.33. The van der Waals surface area contributed by atoms with Crippen LogP contribution in [0, 0.1) is 0 Å². The van der Waals surface area contributed by atoms with Gasteiger partial charge in [0.25, 0.3) is 0 Å². The van der Waals surface area contributed by atoms with Gasteiger partial charge in [-0.3, -0.25) is 20.1 Å². The Labute approximate surface area is 120 Å². The standard InChI is InChI=1S/C15H22N4O/c1-3-18(4-2)19-10-11-8-12(20)9-17-14(11)13-6-5-7-16-15(13)19/h6-7,10,14-15,17H,3-5,8-9H2,1-2H3. The Morgan fingerprint density at radius 3 is 3.00 bits per heavy atom. The van der Waals surface area contributed by atoms with Crippen molar-refractivity contribution in [2.45, 2.75) is 38.9 Å². The maximum atomic E-state index is 11.7. The van der Waals surface area contributed by atoms with E-state index in [4.69, 9.17) is 0 Å². The Morgan fingerprint density at radius 2 is 2.25 bits per heavy atom. The predicted octanol–water partition coefficient (Wildman–Crippen LogP) is 1.10. The summed E-state index contributed by atoms with van der Waals surface area (Å²) in [7, 11) is 0. The summed E-state index contributed by atoms with van der Waals surface area (Å²) in [5.74, 6) is 0.269. The summed E-state index contributed by atoms with van der Waals surface area (Å²) < 4.78 is 0. The topological polar surface area (TPSA) is 47.9 Å². The molecule has 3 aliphatic rings. The highest BCUT2D eigenvalue weighted by molar-refractivity contribution is 5.85. The second-order valence-corrected chi connectivity index (χ2v) is 5.40. The largest absolute Gasteiger partial charge is 0.300 e. The molecule has 0 aliphatic carbocycles. The fraction of sp³-hybridized carbons (Fsp3) is 0.600. The third kappa shape index (κ3) is 2.21. The fourth-order valence-electron chi connectivity index (χ4n) is 3.25. The van der Waals surface area contributed by atoms with Crippen LogP contribution in [0.1, 0.15) is 26.7 Å². The minimum absolute atomic E-state index is 0.0538. The van der Waals surface area contributed by atoms with Gasteiger partial charge in [-0.2, -0.15) is 0 Å². The number of Topliss-reactive ketones (excluding diaryl/α,β-unsaturated/α-hetero) is 1. The first-order valence-electron chi connectivity index (χ1n) is 7.45. The number of rotatable bonds is 3. The van der Waals surface area contributed by atoms with Gasteiger partial charge in [-0.05, 0) is 11.1 Å². The Morgan fingerprint density at radius 1 is 1.45 bits per heavy atom. The molecular formula is C15H22N4O. The molecule has 3 rings (SSSR count). The van der Waals surface area contributed by atoms with Gasteiger partial charge in [0, 0.05) is 38.3 Å². The molecule has 1 saturated heterocycles. The van der Waals surface area contributed by atoms with Crippen molar-refractivity contribution in [3.05, 3.63) is 23.4 Å². The molecule has 0 bridgehead atoms. The lowest BCUT2D eigenvalue weighted by Gasteiger charge is -2.46. The Hall–Kier alpha value is -1.46. The number of nitrogens with one attached hydrogen (secondary N) is 1. The number of hydrogen-bond acceptors (Lipinski definition) is 5. The van der Waals surface area contributed by atoms with Crippen molar-refractivity contribution < 1.29 is 4.79 Å². The minimum atomic E-state index is 0.0538. The maximum absolute atomic E-state index is 11.7. The molecular weight excluding hydrogens is 252 g/mol. The van der Waals surface area contributed by atoms with Crippen LogP contribution in [0.5, 0.6) is 0 Å². The number of fused-ring (bicyclic) bond motifs is 3. The van der Waals surface area contributed by atoms with E-state index < -0.39 is 0 Å². The van der Waals surface area contributed by atoms with Crippen molar-refractivity contribution in [2.75, 3.05) is 19.6 Å². The first kappa shape index (κ1) is 13.5. The lowest BCUT2D eigenvalue weighted by Crippen LogP contribution is -2.55. The highest BCUT2D eigenvalue weighted by Gasteiger charge is 2.38. The van der Waals surface area contributed by atoms with E-state index in [1.165, 1.54) is 11.1 Å². The molecule has 3 aliphatic heterocycles. The van der Waals surface area contributed by atoms with Crippen LogP contribution in [-0.4, -0.2) is 53.9 Å². The molecule has 0 radical (unpaired) electrons. The first-order chi connectivity index (χ1) is 9.74. The van der Waals surface area contributed by atoms with Crippen LogP contribution in [0.2, 0.25) is 0 Å². The zero-order chi connectivity index (χ0) is 14.1. The lowest BCUT2D eigenvalue weighted by molar-refractivity contribution is -0.118. The number of carbonyl (C=O) groups is 1. The average Bonchev–Trinajstić information content (AvgIpc) is 2.48. The molecule has 0 aromatic rings. The molecule has 5 nitrogen and oxygen atoms in total. The molecule has 20 heavy (non-hydrogen) atoms. The molecule has 2 unspecified atom stereocenters. The van der Waals surface area contributed by atoms with Gasteiger partial charge in [-0.25, -0.2) is 5.01 Å². The van der Waals surface area contributed by atoms with Gasteiger partial charge in [0.2, 0.25) is 0 Å². The summed E-state index contributed by atoms with van der Waals surface area (Å²) in [4.78, 5) is 16.4. The Kier molecular flexibility index (Phi) is 3.72. The van der Waals surface area contributed by atoms with Crippen molar-refractivity contribution >= 4 is 12.0 Å². The van der Waals surface area contributed by atoms with Gasteiger partial charge in [0.05, 0.1) is 12.6 Å². The molecule has 0 spiro atoms. The van der Waals surface area contributed by atoms with Gasteiger partial charge in [0.1, 0.15) is 0 Å². The smallest absolute Gasteiger partial charge is 0.157 e. The SMILES string of the molecule is CCN(CC)N1C=C2CC(=O)CNC2C2=CCC=NC21. The summed E-state index contributed by atoms with van der Waals surface area (Å²) in [6.45, 7) is 6.64. The van der Waals surface area contributed by atoms with E-state index in [1.54, 1.807) is 0 Å². The minimum Gasteiger partial charge on any atom is -0.300 e. The van der Waals surface area contributed by atoms with E-state index in [0.29, 0.717) is 13.0 Å².